The molecule has 1 aromatic heterocycles. The number of ether oxygens (including phenoxy) is 1. The maximum atomic E-state index is 12.5. The number of aromatic nitrogens is 1. The SMILES string of the molecule is CCOC(=O)c1c(-c2cccc([N+](=O)[O-])c2)cc(-c2ccccc2)nc1C. The molecular weight excluding hydrogens is 344 g/mol. The number of hydrogen-bond acceptors (Lipinski definition) is 5. The number of hydrogen-bond donors (Lipinski definition) is 0. The van der Waals surface area contributed by atoms with E-state index in [-0.39, 0.29) is 12.3 Å². The van der Waals surface area contributed by atoms with E-state index in [1.807, 2.05) is 30.3 Å². The van der Waals surface area contributed by atoms with Crippen LogP contribution in [0.5, 0.6) is 0 Å². The summed E-state index contributed by atoms with van der Waals surface area (Å²) in [6.07, 6.45) is 0. The summed E-state index contributed by atoms with van der Waals surface area (Å²) in [7, 11) is 0. The summed E-state index contributed by atoms with van der Waals surface area (Å²) in [5.74, 6) is -0.497. The molecule has 1 heterocycles. The van der Waals surface area contributed by atoms with Gasteiger partial charge in [0.05, 0.1) is 28.5 Å². The largest absolute Gasteiger partial charge is 0.462 e. The Morgan fingerprint density at radius 1 is 1.07 bits per heavy atom. The van der Waals surface area contributed by atoms with Gasteiger partial charge < -0.3 is 4.74 Å². The summed E-state index contributed by atoms with van der Waals surface area (Å²) >= 11 is 0. The molecular formula is C21H18N2O4. The molecule has 0 fully saturated rings. The van der Waals surface area contributed by atoms with Gasteiger partial charge in [0, 0.05) is 23.3 Å². The molecule has 0 unspecified atom stereocenters. The van der Waals surface area contributed by atoms with Crippen molar-refractivity contribution >= 4 is 11.7 Å². The third-order valence-electron chi connectivity index (χ3n) is 4.12. The Hall–Kier alpha value is -3.54. The third kappa shape index (κ3) is 3.84. The second-order valence-electron chi connectivity index (χ2n) is 5.91. The van der Waals surface area contributed by atoms with Crippen molar-refractivity contribution in [3.63, 3.8) is 0 Å². The molecule has 0 bridgehead atoms. The van der Waals surface area contributed by atoms with Crippen LogP contribution in [0, 0.1) is 17.0 Å². The summed E-state index contributed by atoms with van der Waals surface area (Å²) in [6.45, 7) is 3.69. The molecule has 6 heteroatoms. The molecule has 0 saturated carbocycles. The first-order chi connectivity index (χ1) is 13.0. The Bertz CT molecular complexity index is 1000. The molecule has 3 rings (SSSR count). The Morgan fingerprint density at radius 3 is 2.44 bits per heavy atom. The number of carbonyl (C=O) groups is 1. The van der Waals surface area contributed by atoms with E-state index >= 15 is 0 Å². The number of pyridine rings is 1. The summed E-state index contributed by atoms with van der Waals surface area (Å²) in [6, 6.07) is 17.5. The Labute approximate surface area is 156 Å². The zero-order chi connectivity index (χ0) is 19.4. The van der Waals surface area contributed by atoms with Crippen molar-refractivity contribution in [2.45, 2.75) is 13.8 Å². The van der Waals surface area contributed by atoms with Crippen LogP contribution < -0.4 is 0 Å². The van der Waals surface area contributed by atoms with Crippen molar-refractivity contribution in [1.29, 1.82) is 0 Å². The molecule has 27 heavy (non-hydrogen) atoms. The highest BCUT2D eigenvalue weighted by molar-refractivity contribution is 5.99. The smallest absolute Gasteiger partial charge is 0.340 e. The molecule has 0 aliphatic carbocycles. The van der Waals surface area contributed by atoms with Gasteiger partial charge in [-0.2, -0.15) is 0 Å². The van der Waals surface area contributed by atoms with Crippen LogP contribution in [0.2, 0.25) is 0 Å². The number of esters is 1. The maximum absolute atomic E-state index is 12.5. The third-order valence-corrected chi connectivity index (χ3v) is 4.12. The fourth-order valence-corrected chi connectivity index (χ4v) is 2.91. The number of aryl methyl sites for hydroxylation is 1. The lowest BCUT2D eigenvalue weighted by Gasteiger charge is -2.14. The molecule has 0 amide bonds. The summed E-state index contributed by atoms with van der Waals surface area (Å²) in [4.78, 5) is 27.8. The van der Waals surface area contributed by atoms with Gasteiger partial charge in [0.25, 0.3) is 5.69 Å². The van der Waals surface area contributed by atoms with Crippen LogP contribution in [-0.4, -0.2) is 22.5 Å². The van der Waals surface area contributed by atoms with Crippen LogP contribution in [-0.2, 0) is 4.74 Å². The highest BCUT2D eigenvalue weighted by Crippen LogP contribution is 2.32. The molecule has 2 aromatic carbocycles. The van der Waals surface area contributed by atoms with Gasteiger partial charge in [-0.05, 0) is 25.5 Å². The monoisotopic (exact) mass is 362 g/mol. The predicted octanol–water partition coefficient (Wildman–Crippen LogP) is 4.81. The molecule has 0 aliphatic rings. The fourth-order valence-electron chi connectivity index (χ4n) is 2.91. The van der Waals surface area contributed by atoms with Crippen molar-refractivity contribution in [2.75, 3.05) is 6.61 Å². The predicted molar refractivity (Wildman–Crippen MR) is 102 cm³/mol. The van der Waals surface area contributed by atoms with Crippen LogP contribution >= 0.6 is 0 Å². The second kappa shape index (κ2) is 7.78. The molecule has 0 N–H and O–H groups in total. The minimum Gasteiger partial charge on any atom is -0.462 e. The molecule has 3 aromatic rings. The van der Waals surface area contributed by atoms with E-state index in [0.717, 1.165) is 5.56 Å². The summed E-state index contributed by atoms with van der Waals surface area (Å²) < 4.78 is 5.18. The van der Waals surface area contributed by atoms with Gasteiger partial charge >= 0.3 is 5.97 Å². The normalized spacial score (nSPS) is 10.4. The van der Waals surface area contributed by atoms with E-state index in [4.69, 9.17) is 4.74 Å². The van der Waals surface area contributed by atoms with E-state index in [0.29, 0.717) is 28.1 Å². The van der Waals surface area contributed by atoms with Crippen molar-refractivity contribution < 1.29 is 14.5 Å². The number of carbonyl (C=O) groups excluding carboxylic acids is 1. The molecule has 0 saturated heterocycles. The number of non-ortho nitro benzene ring substituents is 1. The molecule has 6 nitrogen and oxygen atoms in total. The number of rotatable bonds is 5. The Kier molecular flexibility index (Phi) is 5.26. The van der Waals surface area contributed by atoms with Crippen molar-refractivity contribution in [1.82, 2.24) is 4.98 Å². The lowest BCUT2D eigenvalue weighted by atomic mass is 9.96. The number of nitro groups is 1. The molecule has 0 spiro atoms. The van der Waals surface area contributed by atoms with Gasteiger partial charge in [-0.25, -0.2) is 4.79 Å². The first-order valence-corrected chi connectivity index (χ1v) is 8.50. The van der Waals surface area contributed by atoms with E-state index in [2.05, 4.69) is 4.98 Å². The highest BCUT2D eigenvalue weighted by atomic mass is 16.6. The van der Waals surface area contributed by atoms with Gasteiger partial charge in [-0.1, -0.05) is 42.5 Å². The summed E-state index contributed by atoms with van der Waals surface area (Å²) in [5.41, 5.74) is 3.48. The quantitative estimate of drug-likeness (QED) is 0.369. The average molecular weight is 362 g/mol. The van der Waals surface area contributed by atoms with Gasteiger partial charge in [0.1, 0.15) is 0 Å². The Morgan fingerprint density at radius 2 is 1.78 bits per heavy atom. The Balaban J connectivity index is 2.25. The van der Waals surface area contributed by atoms with E-state index in [9.17, 15) is 14.9 Å². The van der Waals surface area contributed by atoms with Crippen molar-refractivity contribution in [2.24, 2.45) is 0 Å². The van der Waals surface area contributed by atoms with Crippen molar-refractivity contribution in [3.8, 4) is 22.4 Å². The zero-order valence-corrected chi connectivity index (χ0v) is 15.0. The minimum absolute atomic E-state index is 0.0435. The van der Waals surface area contributed by atoms with Crippen LogP contribution in [0.4, 0.5) is 5.69 Å². The van der Waals surface area contributed by atoms with Crippen LogP contribution in [0.3, 0.4) is 0 Å². The van der Waals surface area contributed by atoms with Crippen LogP contribution in [0.1, 0.15) is 23.0 Å². The van der Waals surface area contributed by atoms with E-state index in [1.54, 1.807) is 32.0 Å². The number of nitrogens with zero attached hydrogens (tertiary/aromatic N) is 2. The standard InChI is InChI=1S/C21H18N2O4/c1-3-27-21(24)20-14(2)22-19(15-8-5-4-6-9-15)13-18(20)16-10-7-11-17(12-16)23(25)26/h4-13H,3H2,1-2H3. The number of nitro benzene ring substituents is 1. The molecule has 0 radical (unpaired) electrons. The topological polar surface area (TPSA) is 82.3 Å². The summed E-state index contributed by atoms with van der Waals surface area (Å²) in [5, 5.41) is 11.2. The zero-order valence-electron chi connectivity index (χ0n) is 15.0. The van der Waals surface area contributed by atoms with Crippen molar-refractivity contribution in [3.05, 3.63) is 82.0 Å². The first kappa shape index (κ1) is 18.3. The number of benzene rings is 2. The van der Waals surface area contributed by atoms with Gasteiger partial charge in [-0.15, -0.1) is 0 Å². The second-order valence-corrected chi connectivity index (χ2v) is 5.91. The maximum Gasteiger partial charge on any atom is 0.340 e. The van der Waals surface area contributed by atoms with Gasteiger partial charge in [-0.3, -0.25) is 15.1 Å². The van der Waals surface area contributed by atoms with E-state index < -0.39 is 10.9 Å². The van der Waals surface area contributed by atoms with Gasteiger partial charge in [0.15, 0.2) is 0 Å². The average Bonchev–Trinajstić information content (AvgIpc) is 2.68. The molecule has 0 atom stereocenters. The minimum atomic E-state index is -0.497. The fraction of sp³-hybridized carbons (Fsp3) is 0.143. The highest BCUT2D eigenvalue weighted by Gasteiger charge is 2.21. The van der Waals surface area contributed by atoms with Crippen LogP contribution in [0.25, 0.3) is 22.4 Å². The lowest BCUT2D eigenvalue weighted by Crippen LogP contribution is -2.10. The van der Waals surface area contributed by atoms with Crippen LogP contribution in [0.15, 0.2) is 60.7 Å². The van der Waals surface area contributed by atoms with E-state index in [1.165, 1.54) is 12.1 Å². The van der Waals surface area contributed by atoms with Gasteiger partial charge in [0.2, 0.25) is 0 Å². The lowest BCUT2D eigenvalue weighted by molar-refractivity contribution is -0.384. The first-order valence-electron chi connectivity index (χ1n) is 8.50. The molecule has 136 valence electrons. The molecule has 0 aliphatic heterocycles.